The molecule has 29 heavy (non-hydrogen) atoms. The quantitative estimate of drug-likeness (QED) is 0.525. The number of esters is 2. The normalized spacial score (nSPS) is 14.5. The molecule has 0 saturated heterocycles. The van der Waals surface area contributed by atoms with Gasteiger partial charge in [-0.05, 0) is 24.4 Å². The van der Waals surface area contributed by atoms with Gasteiger partial charge in [0.05, 0.1) is 49.0 Å². The van der Waals surface area contributed by atoms with Gasteiger partial charge in [-0.3, -0.25) is 9.59 Å². The molecular formula is C19H19N3O6S. The third-order valence-electron chi connectivity index (χ3n) is 4.13. The van der Waals surface area contributed by atoms with E-state index in [-0.39, 0.29) is 29.1 Å². The van der Waals surface area contributed by atoms with E-state index < -0.39 is 17.8 Å². The zero-order valence-corrected chi connectivity index (χ0v) is 16.8. The fraction of sp³-hybridized carbons (Fsp3) is 0.263. The number of thiophene rings is 1. The van der Waals surface area contributed by atoms with Crippen LogP contribution < -0.4 is 10.2 Å². The molecule has 9 nitrogen and oxygen atoms in total. The minimum Gasteiger partial charge on any atom is -0.479 e. The molecular weight excluding hydrogens is 398 g/mol. The highest BCUT2D eigenvalue weighted by Crippen LogP contribution is 2.30. The van der Waals surface area contributed by atoms with Crippen molar-refractivity contribution in [2.45, 2.75) is 13.3 Å². The molecule has 2 aromatic heterocycles. The second-order valence-corrected chi connectivity index (χ2v) is 6.78. The fourth-order valence-corrected chi connectivity index (χ4v) is 3.57. The third kappa shape index (κ3) is 4.06. The third-order valence-corrected chi connectivity index (χ3v) is 5.01. The standard InChI is InChI=1S/C19H19N3O6S/c1-4-28-18-10(9-14(23)26-2)15(19(25)27-3)12(20-18)8-11-16(21-22-17(11)24)13-6-5-7-29-13/h5-8,20H,4,9H2,1-3H3,(H,22,24). The number of ether oxygens (including phenoxy) is 3. The fourth-order valence-electron chi connectivity index (χ4n) is 2.85. The van der Waals surface area contributed by atoms with Crippen molar-refractivity contribution in [3.05, 3.63) is 44.8 Å². The first-order chi connectivity index (χ1) is 14.0. The Morgan fingerprint density at radius 2 is 2.07 bits per heavy atom. The van der Waals surface area contributed by atoms with E-state index >= 15 is 0 Å². The van der Waals surface area contributed by atoms with Gasteiger partial charge in [0.1, 0.15) is 5.71 Å². The smallest absolute Gasteiger partial charge is 0.340 e. The summed E-state index contributed by atoms with van der Waals surface area (Å²) in [5.74, 6) is -1.40. The predicted octanol–water partition coefficient (Wildman–Crippen LogP) is 1.89. The first-order valence-corrected chi connectivity index (χ1v) is 9.54. The zero-order chi connectivity index (χ0) is 21.0. The summed E-state index contributed by atoms with van der Waals surface area (Å²) in [6, 6.07) is 3.68. The van der Waals surface area contributed by atoms with Gasteiger partial charge < -0.3 is 19.2 Å². The highest BCUT2D eigenvalue weighted by molar-refractivity contribution is 7.12. The lowest BCUT2D eigenvalue weighted by atomic mass is 10.0. The summed E-state index contributed by atoms with van der Waals surface area (Å²) in [5.41, 5.74) is 3.83. The Balaban J connectivity index is 2.15. The summed E-state index contributed by atoms with van der Waals surface area (Å²) in [5, 5.41) is 5.95. The maximum atomic E-state index is 12.5. The Kier molecular flexibility index (Phi) is 6.13. The van der Waals surface area contributed by atoms with Crippen molar-refractivity contribution in [3.8, 4) is 5.88 Å². The molecule has 1 aliphatic heterocycles. The average Bonchev–Trinajstić information content (AvgIpc) is 3.43. The molecule has 0 radical (unpaired) electrons. The van der Waals surface area contributed by atoms with Crippen molar-refractivity contribution in [1.82, 2.24) is 10.4 Å². The van der Waals surface area contributed by atoms with E-state index in [9.17, 15) is 14.4 Å². The number of methoxy groups -OCH3 is 2. The number of nitrogens with one attached hydrogen (secondary N) is 2. The minimum absolute atomic E-state index is 0.0964. The number of nitrogens with zero attached hydrogens (tertiary/aromatic N) is 1. The van der Waals surface area contributed by atoms with Crippen LogP contribution in [-0.4, -0.2) is 49.4 Å². The van der Waals surface area contributed by atoms with Crippen LogP contribution in [0.5, 0.6) is 5.88 Å². The van der Waals surface area contributed by atoms with E-state index in [1.54, 1.807) is 6.92 Å². The average molecular weight is 417 g/mol. The highest BCUT2D eigenvalue weighted by atomic mass is 32.1. The van der Waals surface area contributed by atoms with Gasteiger partial charge in [-0.2, -0.15) is 5.10 Å². The summed E-state index contributed by atoms with van der Waals surface area (Å²) < 4.78 is 15.2. The van der Waals surface area contributed by atoms with Gasteiger partial charge >= 0.3 is 11.9 Å². The van der Waals surface area contributed by atoms with E-state index in [1.807, 2.05) is 17.5 Å². The number of hydrazone groups is 1. The molecule has 0 spiro atoms. The summed E-state index contributed by atoms with van der Waals surface area (Å²) in [4.78, 5) is 40.5. The van der Waals surface area contributed by atoms with E-state index in [0.29, 0.717) is 17.9 Å². The lowest BCUT2D eigenvalue weighted by Gasteiger charge is -2.06. The molecule has 3 heterocycles. The number of rotatable bonds is 7. The van der Waals surface area contributed by atoms with Gasteiger partial charge in [-0.1, -0.05) is 6.07 Å². The van der Waals surface area contributed by atoms with E-state index in [0.717, 1.165) is 4.88 Å². The number of carbonyl (C=O) groups excluding carboxylic acids is 3. The molecule has 152 valence electrons. The Labute approximate surface area is 170 Å². The SMILES string of the molecule is CCOc1[nH]c(C=C2C(=O)NN=C2c2cccs2)c(C(=O)OC)c1CC(=O)OC. The second-order valence-electron chi connectivity index (χ2n) is 5.84. The lowest BCUT2D eigenvalue weighted by molar-refractivity contribution is -0.139. The first-order valence-electron chi connectivity index (χ1n) is 8.66. The van der Waals surface area contributed by atoms with Crippen LogP contribution in [-0.2, 0) is 25.5 Å². The van der Waals surface area contributed by atoms with Crippen molar-refractivity contribution in [2.75, 3.05) is 20.8 Å². The number of aromatic nitrogens is 1. The van der Waals surface area contributed by atoms with E-state index in [1.165, 1.54) is 31.6 Å². The van der Waals surface area contributed by atoms with Crippen LogP contribution in [0.25, 0.3) is 6.08 Å². The monoisotopic (exact) mass is 417 g/mol. The van der Waals surface area contributed by atoms with Crippen LogP contribution >= 0.6 is 11.3 Å². The molecule has 0 aliphatic carbocycles. The molecule has 10 heteroatoms. The van der Waals surface area contributed by atoms with Crippen LogP contribution in [0.1, 0.15) is 33.4 Å². The summed E-state index contributed by atoms with van der Waals surface area (Å²) in [7, 11) is 2.48. The van der Waals surface area contributed by atoms with Crippen LogP contribution in [0.15, 0.2) is 28.2 Å². The molecule has 1 amide bonds. The molecule has 0 bridgehead atoms. The number of hydrogen-bond acceptors (Lipinski definition) is 8. The molecule has 2 N–H and O–H groups in total. The van der Waals surface area contributed by atoms with Gasteiger partial charge in [0.25, 0.3) is 5.91 Å². The minimum atomic E-state index is -0.675. The van der Waals surface area contributed by atoms with Crippen molar-refractivity contribution in [3.63, 3.8) is 0 Å². The summed E-state index contributed by atoms with van der Waals surface area (Å²) in [6.07, 6.45) is 1.30. The largest absolute Gasteiger partial charge is 0.479 e. The molecule has 0 fully saturated rings. The van der Waals surface area contributed by atoms with E-state index in [4.69, 9.17) is 14.2 Å². The Morgan fingerprint density at radius 1 is 1.28 bits per heavy atom. The summed E-state index contributed by atoms with van der Waals surface area (Å²) in [6.45, 7) is 2.07. The Hall–Kier alpha value is -3.40. The van der Waals surface area contributed by atoms with Crippen molar-refractivity contribution < 1.29 is 28.6 Å². The maximum Gasteiger partial charge on any atom is 0.340 e. The molecule has 3 rings (SSSR count). The molecule has 0 aromatic carbocycles. The number of hydrogen-bond donors (Lipinski definition) is 2. The zero-order valence-electron chi connectivity index (χ0n) is 16.0. The maximum absolute atomic E-state index is 12.5. The lowest BCUT2D eigenvalue weighted by Crippen LogP contribution is -2.14. The first kappa shape index (κ1) is 20.3. The molecule has 0 saturated carbocycles. The second kappa shape index (κ2) is 8.74. The van der Waals surface area contributed by atoms with Crippen LogP contribution in [0.4, 0.5) is 0 Å². The van der Waals surface area contributed by atoms with Crippen LogP contribution in [0.3, 0.4) is 0 Å². The number of aromatic amines is 1. The number of amides is 1. The van der Waals surface area contributed by atoms with Gasteiger partial charge in [-0.25, -0.2) is 10.2 Å². The Bertz CT molecular complexity index is 1000. The van der Waals surface area contributed by atoms with Gasteiger partial charge in [0.2, 0.25) is 0 Å². The predicted molar refractivity (Wildman–Crippen MR) is 106 cm³/mol. The van der Waals surface area contributed by atoms with Gasteiger partial charge in [0, 0.05) is 5.56 Å². The van der Waals surface area contributed by atoms with Gasteiger partial charge in [-0.15, -0.1) is 11.3 Å². The number of carbonyl (C=O) groups is 3. The molecule has 0 unspecified atom stereocenters. The molecule has 1 aliphatic rings. The van der Waals surface area contributed by atoms with Crippen molar-refractivity contribution >= 4 is 41.0 Å². The highest BCUT2D eigenvalue weighted by Gasteiger charge is 2.29. The van der Waals surface area contributed by atoms with Crippen LogP contribution in [0, 0.1) is 0 Å². The van der Waals surface area contributed by atoms with Crippen LogP contribution in [0.2, 0.25) is 0 Å². The molecule has 2 aromatic rings. The molecule has 0 atom stereocenters. The van der Waals surface area contributed by atoms with Crippen molar-refractivity contribution in [2.24, 2.45) is 5.10 Å². The number of H-pyrrole nitrogens is 1. The van der Waals surface area contributed by atoms with E-state index in [2.05, 4.69) is 15.5 Å². The summed E-state index contributed by atoms with van der Waals surface area (Å²) >= 11 is 1.43. The topological polar surface area (TPSA) is 119 Å². The Morgan fingerprint density at radius 3 is 2.69 bits per heavy atom. The van der Waals surface area contributed by atoms with Crippen molar-refractivity contribution in [1.29, 1.82) is 0 Å². The van der Waals surface area contributed by atoms with Gasteiger partial charge in [0.15, 0.2) is 5.88 Å².